The van der Waals surface area contributed by atoms with E-state index >= 15 is 0 Å². The molecule has 0 aromatic carbocycles. The molecule has 3 N–H and O–H groups in total. The summed E-state index contributed by atoms with van der Waals surface area (Å²) < 4.78 is 0. The normalized spacial score (nSPS) is 9.89. The van der Waals surface area contributed by atoms with E-state index < -0.39 is 0 Å². The molecule has 5 nitrogen and oxygen atoms in total. The quantitative estimate of drug-likeness (QED) is 0.581. The smallest absolute Gasteiger partial charge is 0.252 e. The highest BCUT2D eigenvalue weighted by Crippen LogP contribution is 2.05. The molecule has 0 atom stereocenters. The van der Waals surface area contributed by atoms with Gasteiger partial charge in [0.05, 0.1) is 17.7 Å². The Labute approximate surface area is 114 Å². The van der Waals surface area contributed by atoms with Gasteiger partial charge in [0.2, 0.25) is 0 Å². The SMILES string of the molecule is CN(C)CCCNC(=O)c1ccncc1C#CCN. The van der Waals surface area contributed by atoms with E-state index in [4.69, 9.17) is 5.73 Å². The van der Waals surface area contributed by atoms with Crippen molar-refractivity contribution in [3.8, 4) is 11.8 Å². The number of nitrogens with one attached hydrogen (secondary N) is 1. The minimum Gasteiger partial charge on any atom is -0.352 e. The number of carbonyl (C=O) groups is 1. The zero-order chi connectivity index (χ0) is 14.1. The zero-order valence-corrected chi connectivity index (χ0v) is 11.4. The van der Waals surface area contributed by atoms with Crippen LogP contribution in [0, 0.1) is 11.8 Å². The standard InChI is InChI=1S/C14H20N4O/c1-18(2)10-4-8-17-14(19)13-6-9-16-11-12(13)5-3-7-15/h6,9,11H,4,7-8,10,15H2,1-2H3,(H,17,19). The van der Waals surface area contributed by atoms with Gasteiger partial charge in [0, 0.05) is 18.9 Å². The summed E-state index contributed by atoms with van der Waals surface area (Å²) in [5.41, 5.74) is 6.48. The first-order valence-corrected chi connectivity index (χ1v) is 6.21. The van der Waals surface area contributed by atoms with Crippen LogP contribution in [0.2, 0.25) is 0 Å². The fourth-order valence-electron chi connectivity index (χ4n) is 1.53. The average Bonchev–Trinajstić information content (AvgIpc) is 2.41. The molecule has 0 saturated heterocycles. The van der Waals surface area contributed by atoms with Crippen LogP contribution in [-0.2, 0) is 0 Å². The van der Waals surface area contributed by atoms with Crippen molar-refractivity contribution >= 4 is 5.91 Å². The number of carbonyl (C=O) groups excluding carboxylic acids is 1. The Hall–Kier alpha value is -1.90. The van der Waals surface area contributed by atoms with E-state index in [-0.39, 0.29) is 12.5 Å². The first-order chi connectivity index (χ1) is 9.15. The van der Waals surface area contributed by atoms with Gasteiger partial charge in [-0.05, 0) is 33.1 Å². The third-order valence-corrected chi connectivity index (χ3v) is 2.46. The number of aromatic nitrogens is 1. The van der Waals surface area contributed by atoms with Crippen LogP contribution in [0.1, 0.15) is 22.3 Å². The van der Waals surface area contributed by atoms with Crippen LogP contribution in [0.4, 0.5) is 0 Å². The van der Waals surface area contributed by atoms with E-state index in [2.05, 4.69) is 27.0 Å². The number of hydrogen-bond donors (Lipinski definition) is 2. The van der Waals surface area contributed by atoms with Crippen molar-refractivity contribution in [1.82, 2.24) is 15.2 Å². The molecule has 1 rings (SSSR count). The molecule has 102 valence electrons. The third kappa shape index (κ3) is 5.51. The molecule has 0 radical (unpaired) electrons. The van der Waals surface area contributed by atoms with Crippen LogP contribution >= 0.6 is 0 Å². The highest BCUT2D eigenvalue weighted by Gasteiger charge is 2.09. The maximum Gasteiger partial charge on any atom is 0.252 e. The molecule has 1 aromatic rings. The highest BCUT2D eigenvalue weighted by atomic mass is 16.1. The lowest BCUT2D eigenvalue weighted by Crippen LogP contribution is -2.27. The van der Waals surface area contributed by atoms with E-state index in [1.807, 2.05) is 14.1 Å². The monoisotopic (exact) mass is 260 g/mol. The van der Waals surface area contributed by atoms with Crippen molar-refractivity contribution in [2.75, 3.05) is 33.7 Å². The largest absolute Gasteiger partial charge is 0.352 e. The number of nitrogens with two attached hydrogens (primary N) is 1. The van der Waals surface area contributed by atoms with Crippen molar-refractivity contribution in [2.45, 2.75) is 6.42 Å². The van der Waals surface area contributed by atoms with Gasteiger partial charge in [0.15, 0.2) is 0 Å². The molecule has 0 aliphatic carbocycles. The lowest BCUT2D eigenvalue weighted by atomic mass is 10.1. The predicted octanol–water partition coefficient (Wildman–Crippen LogP) is 0.0733. The average molecular weight is 260 g/mol. The Morgan fingerprint density at radius 2 is 2.32 bits per heavy atom. The molecule has 19 heavy (non-hydrogen) atoms. The Kier molecular flexibility index (Phi) is 6.58. The molecule has 0 aliphatic rings. The molecule has 5 heteroatoms. The van der Waals surface area contributed by atoms with E-state index in [1.165, 1.54) is 0 Å². The molecule has 1 heterocycles. The van der Waals surface area contributed by atoms with Gasteiger partial charge in [-0.2, -0.15) is 0 Å². The summed E-state index contributed by atoms with van der Waals surface area (Å²) in [4.78, 5) is 18.1. The number of amides is 1. The van der Waals surface area contributed by atoms with Crippen LogP contribution in [-0.4, -0.2) is 49.5 Å². The van der Waals surface area contributed by atoms with Gasteiger partial charge in [0.25, 0.3) is 5.91 Å². The minimum absolute atomic E-state index is 0.123. The molecule has 0 spiro atoms. The summed E-state index contributed by atoms with van der Waals surface area (Å²) >= 11 is 0. The van der Waals surface area contributed by atoms with Crippen LogP contribution in [0.3, 0.4) is 0 Å². The van der Waals surface area contributed by atoms with Crippen LogP contribution in [0.5, 0.6) is 0 Å². The van der Waals surface area contributed by atoms with Gasteiger partial charge in [-0.15, -0.1) is 0 Å². The van der Waals surface area contributed by atoms with E-state index in [1.54, 1.807) is 18.5 Å². The summed E-state index contributed by atoms with van der Waals surface area (Å²) in [6.07, 6.45) is 4.08. The second-order valence-corrected chi connectivity index (χ2v) is 4.34. The zero-order valence-electron chi connectivity index (χ0n) is 11.4. The van der Waals surface area contributed by atoms with Crippen molar-refractivity contribution in [2.24, 2.45) is 5.73 Å². The molecule has 1 amide bonds. The van der Waals surface area contributed by atoms with Gasteiger partial charge in [-0.1, -0.05) is 11.8 Å². The maximum atomic E-state index is 12.0. The summed E-state index contributed by atoms with van der Waals surface area (Å²) in [7, 11) is 4.01. The Bertz CT molecular complexity index is 474. The minimum atomic E-state index is -0.123. The van der Waals surface area contributed by atoms with Gasteiger partial charge in [-0.3, -0.25) is 9.78 Å². The van der Waals surface area contributed by atoms with Crippen molar-refractivity contribution in [1.29, 1.82) is 0 Å². The maximum absolute atomic E-state index is 12.0. The van der Waals surface area contributed by atoms with E-state index in [9.17, 15) is 4.79 Å². The Balaban J connectivity index is 2.61. The van der Waals surface area contributed by atoms with Gasteiger partial charge < -0.3 is 16.0 Å². The van der Waals surface area contributed by atoms with Gasteiger partial charge >= 0.3 is 0 Å². The molecular weight excluding hydrogens is 240 g/mol. The Morgan fingerprint density at radius 3 is 3.00 bits per heavy atom. The predicted molar refractivity (Wildman–Crippen MR) is 75.7 cm³/mol. The van der Waals surface area contributed by atoms with Crippen molar-refractivity contribution < 1.29 is 4.79 Å². The molecule has 0 aliphatic heterocycles. The summed E-state index contributed by atoms with van der Waals surface area (Å²) in [6.45, 7) is 1.85. The fourth-order valence-corrected chi connectivity index (χ4v) is 1.53. The second kappa shape index (κ2) is 8.25. The van der Waals surface area contributed by atoms with E-state index in [0.717, 1.165) is 13.0 Å². The summed E-state index contributed by atoms with van der Waals surface area (Å²) in [6, 6.07) is 1.67. The topological polar surface area (TPSA) is 71.2 Å². The molecule has 0 saturated carbocycles. The second-order valence-electron chi connectivity index (χ2n) is 4.34. The fraction of sp³-hybridized carbons (Fsp3) is 0.429. The molecular formula is C14H20N4O. The molecule has 0 unspecified atom stereocenters. The number of hydrogen-bond acceptors (Lipinski definition) is 4. The number of nitrogens with zero attached hydrogens (tertiary/aromatic N) is 2. The van der Waals surface area contributed by atoms with Gasteiger partial charge in [-0.25, -0.2) is 0 Å². The highest BCUT2D eigenvalue weighted by molar-refractivity contribution is 5.96. The van der Waals surface area contributed by atoms with Crippen LogP contribution in [0.15, 0.2) is 18.5 Å². The lowest BCUT2D eigenvalue weighted by molar-refractivity contribution is 0.0952. The molecule has 0 bridgehead atoms. The Morgan fingerprint density at radius 1 is 1.53 bits per heavy atom. The van der Waals surface area contributed by atoms with Crippen molar-refractivity contribution in [3.05, 3.63) is 29.6 Å². The summed E-state index contributed by atoms with van der Waals surface area (Å²) in [5.74, 6) is 5.47. The molecule has 1 aromatic heterocycles. The van der Waals surface area contributed by atoms with Gasteiger partial charge in [0.1, 0.15) is 0 Å². The van der Waals surface area contributed by atoms with Crippen LogP contribution < -0.4 is 11.1 Å². The number of pyridine rings is 1. The summed E-state index contributed by atoms with van der Waals surface area (Å²) in [5, 5.41) is 2.88. The third-order valence-electron chi connectivity index (χ3n) is 2.46. The molecule has 0 fully saturated rings. The first-order valence-electron chi connectivity index (χ1n) is 6.21. The van der Waals surface area contributed by atoms with Crippen LogP contribution in [0.25, 0.3) is 0 Å². The van der Waals surface area contributed by atoms with Crippen molar-refractivity contribution in [3.63, 3.8) is 0 Å². The first kappa shape index (κ1) is 15.2. The van der Waals surface area contributed by atoms with E-state index in [0.29, 0.717) is 17.7 Å². The number of rotatable bonds is 5. The lowest BCUT2D eigenvalue weighted by Gasteiger charge is -2.10.